The highest BCUT2D eigenvalue weighted by Gasteiger charge is 2.21. The Hall–Kier alpha value is -1.30. The molecule has 0 radical (unpaired) electrons. The molecule has 6 heteroatoms. The minimum absolute atomic E-state index is 0.0764. The Bertz CT molecular complexity index is 489. The number of carbonyl (C=O) groups is 1. The van der Waals surface area contributed by atoms with Gasteiger partial charge in [-0.05, 0) is 24.6 Å². The third-order valence-corrected chi connectivity index (χ3v) is 3.67. The van der Waals surface area contributed by atoms with Gasteiger partial charge < -0.3 is 21.5 Å². The van der Waals surface area contributed by atoms with Crippen molar-refractivity contribution in [3.8, 4) is 5.75 Å². The summed E-state index contributed by atoms with van der Waals surface area (Å²) in [7, 11) is 0. The molecule has 0 saturated carbocycles. The van der Waals surface area contributed by atoms with Crippen LogP contribution in [-0.2, 0) is 4.79 Å². The molecular weight excluding hydrogens is 266 g/mol. The lowest BCUT2D eigenvalue weighted by molar-refractivity contribution is -0.122. The number of carbonyl (C=O) groups excluding carboxylic acids is 1. The second-order valence-corrected chi connectivity index (χ2v) is 5.30. The van der Waals surface area contributed by atoms with Crippen LogP contribution in [0.25, 0.3) is 0 Å². The van der Waals surface area contributed by atoms with Gasteiger partial charge in [-0.1, -0.05) is 11.6 Å². The Morgan fingerprint density at radius 2 is 2.32 bits per heavy atom. The zero-order chi connectivity index (χ0) is 14.0. The quantitative estimate of drug-likeness (QED) is 0.659. The van der Waals surface area contributed by atoms with Crippen molar-refractivity contribution in [3.05, 3.63) is 28.3 Å². The Labute approximate surface area is 117 Å². The summed E-state index contributed by atoms with van der Waals surface area (Å²) in [5.41, 5.74) is 7.23. The van der Waals surface area contributed by atoms with E-state index >= 15 is 0 Å². The van der Waals surface area contributed by atoms with Crippen LogP contribution < -0.4 is 16.4 Å². The number of amides is 1. The fourth-order valence-electron chi connectivity index (χ4n) is 1.97. The number of phenolic OH excluding ortho intramolecular Hbond substituents is 1. The molecule has 5 nitrogen and oxygen atoms in total. The summed E-state index contributed by atoms with van der Waals surface area (Å²) in [6.07, 6.45) is 0.128. The van der Waals surface area contributed by atoms with Gasteiger partial charge in [0.1, 0.15) is 5.75 Å². The van der Waals surface area contributed by atoms with E-state index < -0.39 is 6.04 Å². The molecule has 1 aromatic carbocycles. The van der Waals surface area contributed by atoms with Gasteiger partial charge in [-0.2, -0.15) is 0 Å². The van der Waals surface area contributed by atoms with E-state index in [4.69, 9.17) is 17.3 Å². The van der Waals surface area contributed by atoms with Crippen LogP contribution in [0.1, 0.15) is 23.6 Å². The first-order chi connectivity index (χ1) is 8.97. The van der Waals surface area contributed by atoms with Gasteiger partial charge in [0.05, 0.1) is 6.04 Å². The third-order valence-electron chi connectivity index (χ3n) is 3.26. The van der Waals surface area contributed by atoms with E-state index in [0.717, 1.165) is 18.7 Å². The van der Waals surface area contributed by atoms with Crippen molar-refractivity contribution < 1.29 is 9.90 Å². The average Bonchev–Trinajstić information content (AvgIpc) is 2.28. The summed E-state index contributed by atoms with van der Waals surface area (Å²) < 4.78 is 0. The van der Waals surface area contributed by atoms with Crippen molar-refractivity contribution in [2.75, 3.05) is 13.1 Å². The Balaban J connectivity index is 2.00. The third kappa shape index (κ3) is 3.37. The van der Waals surface area contributed by atoms with Crippen LogP contribution in [0.15, 0.2) is 12.1 Å². The number of halogens is 1. The number of hydrogen-bond donors (Lipinski definition) is 4. The number of aryl methyl sites for hydroxylation is 1. The predicted molar refractivity (Wildman–Crippen MR) is 74.2 cm³/mol. The van der Waals surface area contributed by atoms with E-state index in [-0.39, 0.29) is 24.1 Å². The maximum absolute atomic E-state index is 11.8. The summed E-state index contributed by atoms with van der Waals surface area (Å²) in [5, 5.41) is 16.3. The molecule has 1 fully saturated rings. The molecule has 104 valence electrons. The smallest absolute Gasteiger partial charge is 0.222 e. The zero-order valence-corrected chi connectivity index (χ0v) is 11.5. The maximum Gasteiger partial charge on any atom is 0.222 e. The molecule has 2 rings (SSSR count). The molecule has 0 aliphatic carbocycles. The van der Waals surface area contributed by atoms with Gasteiger partial charge in [0.25, 0.3) is 0 Å². The summed E-state index contributed by atoms with van der Waals surface area (Å²) >= 11 is 6.01. The van der Waals surface area contributed by atoms with Crippen molar-refractivity contribution in [2.24, 2.45) is 5.73 Å². The van der Waals surface area contributed by atoms with Crippen LogP contribution in [0.4, 0.5) is 0 Å². The zero-order valence-electron chi connectivity index (χ0n) is 10.7. The summed E-state index contributed by atoms with van der Waals surface area (Å²) in [4.78, 5) is 11.8. The molecule has 19 heavy (non-hydrogen) atoms. The van der Waals surface area contributed by atoms with Crippen LogP contribution in [-0.4, -0.2) is 30.1 Å². The highest BCUT2D eigenvalue weighted by Crippen LogP contribution is 2.30. The minimum atomic E-state index is -0.564. The second-order valence-electron chi connectivity index (χ2n) is 4.89. The van der Waals surface area contributed by atoms with Gasteiger partial charge in [0.2, 0.25) is 5.91 Å². The Kier molecular flexibility index (Phi) is 4.29. The first-order valence-electron chi connectivity index (χ1n) is 6.22. The van der Waals surface area contributed by atoms with Crippen molar-refractivity contribution in [2.45, 2.75) is 25.4 Å². The second kappa shape index (κ2) is 5.77. The number of phenols is 1. The Morgan fingerprint density at radius 3 is 2.89 bits per heavy atom. The van der Waals surface area contributed by atoms with Crippen molar-refractivity contribution in [1.82, 2.24) is 10.6 Å². The van der Waals surface area contributed by atoms with Gasteiger partial charge in [-0.15, -0.1) is 0 Å². The first kappa shape index (κ1) is 14.1. The lowest BCUT2D eigenvalue weighted by Crippen LogP contribution is -2.57. The van der Waals surface area contributed by atoms with E-state index in [9.17, 15) is 9.90 Å². The Morgan fingerprint density at radius 1 is 1.63 bits per heavy atom. The number of hydrogen-bond acceptors (Lipinski definition) is 4. The molecular formula is C13H18ClN3O2. The van der Waals surface area contributed by atoms with E-state index in [1.807, 2.05) is 0 Å². The van der Waals surface area contributed by atoms with Crippen LogP contribution in [0, 0.1) is 6.92 Å². The monoisotopic (exact) mass is 283 g/mol. The van der Waals surface area contributed by atoms with Gasteiger partial charge in [0, 0.05) is 36.1 Å². The normalized spacial score (nSPS) is 16.8. The van der Waals surface area contributed by atoms with Crippen LogP contribution in [0.3, 0.4) is 0 Å². The molecule has 1 aromatic rings. The molecule has 0 aromatic heterocycles. The van der Waals surface area contributed by atoms with Crippen molar-refractivity contribution in [1.29, 1.82) is 0 Å². The van der Waals surface area contributed by atoms with Gasteiger partial charge in [-0.3, -0.25) is 4.79 Å². The highest BCUT2D eigenvalue weighted by atomic mass is 35.5. The van der Waals surface area contributed by atoms with Crippen molar-refractivity contribution >= 4 is 17.5 Å². The topological polar surface area (TPSA) is 87.4 Å². The van der Waals surface area contributed by atoms with Crippen LogP contribution in [0.2, 0.25) is 5.02 Å². The van der Waals surface area contributed by atoms with E-state index in [1.54, 1.807) is 19.1 Å². The average molecular weight is 284 g/mol. The van der Waals surface area contributed by atoms with Gasteiger partial charge in [-0.25, -0.2) is 0 Å². The summed E-state index contributed by atoms with van der Waals surface area (Å²) in [6.45, 7) is 3.39. The summed E-state index contributed by atoms with van der Waals surface area (Å²) in [5.74, 6) is -0.0393. The lowest BCUT2D eigenvalue weighted by Gasteiger charge is -2.28. The first-order valence-corrected chi connectivity index (χ1v) is 6.60. The number of nitrogens with two attached hydrogens (primary N) is 1. The molecule has 5 N–H and O–H groups in total. The van der Waals surface area contributed by atoms with Crippen LogP contribution >= 0.6 is 11.6 Å². The summed E-state index contributed by atoms with van der Waals surface area (Å²) in [6, 6.07) is 2.81. The molecule has 1 heterocycles. The van der Waals surface area contributed by atoms with E-state index in [0.29, 0.717) is 10.6 Å². The van der Waals surface area contributed by atoms with Crippen LogP contribution in [0.5, 0.6) is 5.75 Å². The van der Waals surface area contributed by atoms with Crippen molar-refractivity contribution in [3.63, 3.8) is 0 Å². The number of nitrogens with one attached hydrogen (secondary N) is 2. The maximum atomic E-state index is 11.8. The molecule has 1 unspecified atom stereocenters. The van der Waals surface area contributed by atoms with Gasteiger partial charge >= 0.3 is 0 Å². The molecule has 1 aliphatic heterocycles. The van der Waals surface area contributed by atoms with E-state index in [2.05, 4.69) is 10.6 Å². The number of aromatic hydroxyl groups is 1. The lowest BCUT2D eigenvalue weighted by atomic mass is 10.0. The predicted octanol–water partition coefficient (Wildman–Crippen LogP) is 0.832. The highest BCUT2D eigenvalue weighted by molar-refractivity contribution is 6.31. The standard InChI is InChI=1S/C13H18ClN3O2/c1-7-2-12(18)9(3-10(7)14)11(15)4-13(19)17-8-5-16-6-8/h2-3,8,11,16,18H,4-6,15H2,1H3,(H,17,19). The van der Waals surface area contributed by atoms with Gasteiger partial charge in [0.15, 0.2) is 0 Å². The molecule has 0 bridgehead atoms. The fourth-order valence-corrected chi connectivity index (χ4v) is 2.14. The number of rotatable bonds is 4. The molecule has 1 aliphatic rings. The fraction of sp³-hybridized carbons (Fsp3) is 0.462. The minimum Gasteiger partial charge on any atom is -0.508 e. The van der Waals surface area contributed by atoms with E-state index in [1.165, 1.54) is 0 Å². The number of benzene rings is 1. The molecule has 1 amide bonds. The molecule has 0 spiro atoms. The molecule has 1 saturated heterocycles. The SMILES string of the molecule is Cc1cc(O)c(C(N)CC(=O)NC2CNC2)cc1Cl. The largest absolute Gasteiger partial charge is 0.508 e. The molecule has 1 atom stereocenters.